The summed E-state index contributed by atoms with van der Waals surface area (Å²) in [7, 11) is 1.71. The first kappa shape index (κ1) is 11.1. The summed E-state index contributed by atoms with van der Waals surface area (Å²) in [5, 5.41) is 0. The molecule has 1 rings (SSSR count). The minimum Gasteiger partial charge on any atom is -0.497 e. The highest BCUT2D eigenvalue weighted by molar-refractivity contribution is 5.33. The Bertz CT molecular complexity index is 284. The molecule has 2 nitrogen and oxygen atoms in total. The van der Waals surface area contributed by atoms with Crippen molar-refractivity contribution in [1.29, 1.82) is 0 Å². The molecule has 0 radical (unpaired) electrons. The predicted molar refractivity (Wildman–Crippen MR) is 59.7 cm³/mol. The van der Waals surface area contributed by atoms with E-state index in [1.807, 2.05) is 6.07 Å². The van der Waals surface area contributed by atoms with Crippen molar-refractivity contribution in [3.05, 3.63) is 29.3 Å². The predicted octanol–water partition coefficient (Wildman–Crippen LogP) is 2.29. The van der Waals surface area contributed by atoms with Crippen LogP contribution in [-0.2, 0) is 6.42 Å². The first-order valence-corrected chi connectivity index (χ1v) is 5.11. The van der Waals surface area contributed by atoms with Gasteiger partial charge >= 0.3 is 0 Å². The average Bonchev–Trinajstić information content (AvgIpc) is 2.17. The van der Waals surface area contributed by atoms with Crippen LogP contribution in [0, 0.1) is 6.92 Å². The Hall–Kier alpha value is -1.02. The van der Waals surface area contributed by atoms with Crippen molar-refractivity contribution < 1.29 is 4.74 Å². The van der Waals surface area contributed by atoms with Gasteiger partial charge < -0.3 is 10.5 Å². The van der Waals surface area contributed by atoms with Gasteiger partial charge in [-0.2, -0.15) is 0 Å². The molecule has 0 unspecified atom stereocenters. The van der Waals surface area contributed by atoms with E-state index in [4.69, 9.17) is 10.5 Å². The summed E-state index contributed by atoms with van der Waals surface area (Å²) in [6.07, 6.45) is 3.34. The van der Waals surface area contributed by atoms with Gasteiger partial charge in [0.15, 0.2) is 0 Å². The minimum absolute atomic E-state index is 0.781. The first-order valence-electron chi connectivity index (χ1n) is 5.11. The van der Waals surface area contributed by atoms with E-state index in [0.717, 1.165) is 31.6 Å². The summed E-state index contributed by atoms with van der Waals surface area (Å²) < 4.78 is 5.22. The van der Waals surface area contributed by atoms with Gasteiger partial charge in [-0.1, -0.05) is 6.07 Å². The van der Waals surface area contributed by atoms with Crippen molar-refractivity contribution in [3.8, 4) is 5.75 Å². The molecule has 0 aliphatic carbocycles. The van der Waals surface area contributed by atoms with Crippen molar-refractivity contribution in [2.45, 2.75) is 26.2 Å². The molecule has 0 spiro atoms. The zero-order valence-corrected chi connectivity index (χ0v) is 9.05. The largest absolute Gasteiger partial charge is 0.497 e. The average molecular weight is 193 g/mol. The van der Waals surface area contributed by atoms with Crippen molar-refractivity contribution in [2.75, 3.05) is 13.7 Å². The summed E-state index contributed by atoms with van der Waals surface area (Å²) in [5.74, 6) is 0.952. The number of unbranched alkanes of at least 4 members (excludes halogenated alkanes) is 1. The second-order valence-electron chi connectivity index (χ2n) is 3.60. The highest BCUT2D eigenvalue weighted by Gasteiger charge is 1.98. The van der Waals surface area contributed by atoms with Crippen molar-refractivity contribution in [1.82, 2.24) is 0 Å². The third-order valence-corrected chi connectivity index (χ3v) is 2.27. The summed E-state index contributed by atoms with van der Waals surface area (Å²) in [6, 6.07) is 6.36. The molecule has 0 amide bonds. The first-order chi connectivity index (χ1) is 6.76. The molecule has 14 heavy (non-hydrogen) atoms. The lowest BCUT2D eigenvalue weighted by Gasteiger charge is -2.06. The fraction of sp³-hybridized carbons (Fsp3) is 0.500. The summed E-state index contributed by atoms with van der Waals surface area (Å²) in [6.45, 7) is 2.87. The molecule has 1 aromatic rings. The van der Waals surface area contributed by atoms with Gasteiger partial charge in [0.1, 0.15) is 5.75 Å². The molecule has 2 N–H and O–H groups in total. The van der Waals surface area contributed by atoms with Gasteiger partial charge in [0.05, 0.1) is 7.11 Å². The summed E-state index contributed by atoms with van der Waals surface area (Å²) in [4.78, 5) is 0. The Morgan fingerprint density at radius 1 is 1.21 bits per heavy atom. The van der Waals surface area contributed by atoms with Gasteiger partial charge in [-0.05, 0) is 56.0 Å². The molecule has 0 fully saturated rings. The fourth-order valence-corrected chi connectivity index (χ4v) is 1.56. The molecule has 0 aliphatic heterocycles. The van der Waals surface area contributed by atoms with Gasteiger partial charge in [0.2, 0.25) is 0 Å². The lowest BCUT2D eigenvalue weighted by molar-refractivity contribution is 0.414. The molecule has 0 bridgehead atoms. The molecular weight excluding hydrogens is 174 g/mol. The van der Waals surface area contributed by atoms with Crippen LogP contribution in [0.4, 0.5) is 0 Å². The third kappa shape index (κ3) is 3.38. The van der Waals surface area contributed by atoms with Crippen LogP contribution in [-0.4, -0.2) is 13.7 Å². The maximum atomic E-state index is 5.45. The van der Waals surface area contributed by atoms with Gasteiger partial charge in [-0.15, -0.1) is 0 Å². The Morgan fingerprint density at radius 3 is 2.64 bits per heavy atom. The lowest BCUT2D eigenvalue weighted by atomic mass is 10.1. The number of hydrogen-bond acceptors (Lipinski definition) is 2. The Labute approximate surface area is 86.1 Å². The maximum Gasteiger partial charge on any atom is 0.119 e. The number of hydrogen-bond donors (Lipinski definition) is 1. The highest BCUT2D eigenvalue weighted by Crippen LogP contribution is 2.17. The fourth-order valence-electron chi connectivity index (χ4n) is 1.56. The second kappa shape index (κ2) is 5.66. The van der Waals surface area contributed by atoms with E-state index in [0.29, 0.717) is 0 Å². The van der Waals surface area contributed by atoms with Crippen LogP contribution in [0.25, 0.3) is 0 Å². The van der Waals surface area contributed by atoms with Gasteiger partial charge in [0.25, 0.3) is 0 Å². The number of rotatable bonds is 5. The normalized spacial score (nSPS) is 10.2. The Kier molecular flexibility index (Phi) is 4.47. The molecular formula is C12H19NO. The molecule has 0 heterocycles. The molecule has 0 saturated heterocycles. The molecule has 0 aliphatic rings. The SMILES string of the molecule is COc1cc(C)cc(CCCCN)c1. The maximum absolute atomic E-state index is 5.45. The van der Waals surface area contributed by atoms with Crippen LogP contribution in [0.3, 0.4) is 0 Å². The minimum atomic E-state index is 0.781. The number of nitrogens with two attached hydrogens (primary N) is 1. The van der Waals surface area contributed by atoms with Crippen LogP contribution < -0.4 is 10.5 Å². The van der Waals surface area contributed by atoms with Gasteiger partial charge in [0, 0.05) is 0 Å². The highest BCUT2D eigenvalue weighted by atomic mass is 16.5. The monoisotopic (exact) mass is 193 g/mol. The van der Waals surface area contributed by atoms with Crippen LogP contribution in [0.5, 0.6) is 5.75 Å². The third-order valence-electron chi connectivity index (χ3n) is 2.27. The van der Waals surface area contributed by atoms with Gasteiger partial charge in [-0.25, -0.2) is 0 Å². The van der Waals surface area contributed by atoms with Crippen LogP contribution >= 0.6 is 0 Å². The van der Waals surface area contributed by atoms with Gasteiger partial charge in [-0.3, -0.25) is 0 Å². The standard InChI is InChI=1S/C12H19NO/c1-10-7-11(5-3-4-6-13)9-12(8-10)14-2/h7-9H,3-6,13H2,1-2H3. The quantitative estimate of drug-likeness (QED) is 0.728. The summed E-state index contributed by atoms with van der Waals surface area (Å²) >= 11 is 0. The van der Waals surface area contributed by atoms with Crippen molar-refractivity contribution >= 4 is 0 Å². The smallest absolute Gasteiger partial charge is 0.119 e. The van der Waals surface area contributed by atoms with E-state index in [2.05, 4.69) is 19.1 Å². The van der Waals surface area contributed by atoms with E-state index in [1.54, 1.807) is 7.11 Å². The number of methoxy groups -OCH3 is 1. The number of aryl methyl sites for hydroxylation is 2. The molecule has 0 atom stereocenters. The molecule has 0 saturated carbocycles. The Balaban J connectivity index is 2.62. The lowest BCUT2D eigenvalue weighted by Crippen LogP contribution is -1.99. The molecule has 78 valence electrons. The van der Waals surface area contributed by atoms with Crippen molar-refractivity contribution in [3.63, 3.8) is 0 Å². The van der Waals surface area contributed by atoms with Crippen LogP contribution in [0.15, 0.2) is 18.2 Å². The van der Waals surface area contributed by atoms with Crippen LogP contribution in [0.1, 0.15) is 24.0 Å². The topological polar surface area (TPSA) is 35.2 Å². The number of benzene rings is 1. The zero-order chi connectivity index (χ0) is 10.4. The number of ether oxygens (including phenoxy) is 1. The molecule has 0 aromatic heterocycles. The molecule has 2 heteroatoms. The van der Waals surface area contributed by atoms with E-state index in [-0.39, 0.29) is 0 Å². The van der Waals surface area contributed by atoms with E-state index >= 15 is 0 Å². The zero-order valence-electron chi connectivity index (χ0n) is 9.05. The van der Waals surface area contributed by atoms with Crippen LogP contribution in [0.2, 0.25) is 0 Å². The van der Waals surface area contributed by atoms with E-state index in [9.17, 15) is 0 Å². The van der Waals surface area contributed by atoms with E-state index in [1.165, 1.54) is 11.1 Å². The van der Waals surface area contributed by atoms with E-state index < -0.39 is 0 Å². The van der Waals surface area contributed by atoms with Crippen molar-refractivity contribution in [2.24, 2.45) is 5.73 Å². The summed E-state index contributed by atoms with van der Waals surface area (Å²) in [5.41, 5.74) is 8.05. The Morgan fingerprint density at radius 2 is 2.00 bits per heavy atom. The molecule has 1 aromatic carbocycles. The second-order valence-corrected chi connectivity index (χ2v) is 3.60.